The fraction of sp³-hybridized carbons (Fsp3) is 0.556. The second-order valence-electron chi connectivity index (χ2n) is 6.31. The van der Waals surface area contributed by atoms with E-state index in [2.05, 4.69) is 17.0 Å². The lowest BCUT2D eigenvalue weighted by Gasteiger charge is -2.31. The van der Waals surface area contributed by atoms with Crippen molar-refractivity contribution in [1.82, 2.24) is 4.90 Å². The molecule has 1 aromatic carbocycles. The van der Waals surface area contributed by atoms with Crippen LogP contribution in [0, 0.1) is 25.2 Å². The zero-order valence-electron chi connectivity index (χ0n) is 14.0. The average molecular weight is 315 g/mol. The molecule has 0 spiro atoms. The van der Waals surface area contributed by atoms with Crippen LogP contribution in [0.15, 0.2) is 18.2 Å². The van der Waals surface area contributed by atoms with Crippen molar-refractivity contribution in [1.29, 1.82) is 5.26 Å². The number of rotatable bonds is 5. The van der Waals surface area contributed by atoms with E-state index in [-0.39, 0.29) is 12.0 Å². The number of aliphatic hydroxyl groups is 1. The number of anilines is 1. The number of aliphatic hydroxyl groups excluding tert-OH is 1. The first kappa shape index (κ1) is 17.5. The van der Waals surface area contributed by atoms with Crippen LogP contribution in [0.25, 0.3) is 0 Å². The van der Waals surface area contributed by atoms with Gasteiger partial charge in [0.2, 0.25) is 5.91 Å². The Labute approximate surface area is 138 Å². The van der Waals surface area contributed by atoms with E-state index in [0.717, 1.165) is 42.7 Å². The van der Waals surface area contributed by atoms with Crippen LogP contribution >= 0.6 is 0 Å². The molecule has 23 heavy (non-hydrogen) atoms. The predicted molar refractivity (Wildman–Crippen MR) is 90.2 cm³/mol. The van der Waals surface area contributed by atoms with Crippen molar-refractivity contribution in [3.05, 3.63) is 29.3 Å². The number of nitrogens with zero attached hydrogens (tertiary/aromatic N) is 3. The minimum Gasteiger partial charge on any atom is -0.393 e. The third-order valence-corrected chi connectivity index (χ3v) is 4.18. The topological polar surface area (TPSA) is 67.6 Å². The van der Waals surface area contributed by atoms with Gasteiger partial charge in [0, 0.05) is 25.3 Å². The van der Waals surface area contributed by atoms with Gasteiger partial charge in [-0.15, -0.1) is 0 Å². The summed E-state index contributed by atoms with van der Waals surface area (Å²) in [6, 6.07) is 8.17. The van der Waals surface area contributed by atoms with Crippen LogP contribution in [0.4, 0.5) is 5.69 Å². The molecule has 0 aliphatic carbocycles. The summed E-state index contributed by atoms with van der Waals surface area (Å²) in [6.45, 7) is 6.25. The number of carbonyl (C=O) groups excluding carboxylic acids is 1. The van der Waals surface area contributed by atoms with E-state index in [9.17, 15) is 9.90 Å². The van der Waals surface area contributed by atoms with Gasteiger partial charge >= 0.3 is 0 Å². The predicted octanol–water partition coefficient (Wildman–Crippen LogP) is 2.01. The summed E-state index contributed by atoms with van der Waals surface area (Å²) in [5, 5.41) is 18.4. The number of likely N-dealkylation sites (tertiary alicyclic amines) is 1. The van der Waals surface area contributed by atoms with E-state index >= 15 is 0 Å². The van der Waals surface area contributed by atoms with E-state index in [1.807, 2.05) is 26.0 Å². The second-order valence-corrected chi connectivity index (χ2v) is 6.31. The Balaban J connectivity index is 2.10. The highest BCUT2D eigenvalue weighted by molar-refractivity contribution is 5.95. The van der Waals surface area contributed by atoms with E-state index in [1.54, 1.807) is 4.90 Å². The maximum Gasteiger partial charge on any atom is 0.241 e. The van der Waals surface area contributed by atoms with Crippen LogP contribution < -0.4 is 4.90 Å². The Morgan fingerprint density at radius 2 is 1.91 bits per heavy atom. The summed E-state index contributed by atoms with van der Waals surface area (Å²) >= 11 is 0. The Morgan fingerprint density at radius 1 is 1.30 bits per heavy atom. The van der Waals surface area contributed by atoms with E-state index in [4.69, 9.17) is 5.26 Å². The molecule has 5 heteroatoms. The molecule has 2 rings (SSSR count). The molecule has 5 nitrogen and oxygen atoms in total. The molecule has 1 saturated heterocycles. The van der Waals surface area contributed by atoms with Crippen molar-refractivity contribution >= 4 is 11.6 Å². The van der Waals surface area contributed by atoms with Crippen LogP contribution in [0.3, 0.4) is 0 Å². The number of nitriles is 1. The van der Waals surface area contributed by atoms with Crippen LogP contribution in [-0.4, -0.2) is 48.2 Å². The zero-order valence-corrected chi connectivity index (χ0v) is 14.0. The van der Waals surface area contributed by atoms with Crippen LogP contribution in [0.5, 0.6) is 0 Å². The van der Waals surface area contributed by atoms with Crippen LogP contribution in [0.1, 0.15) is 30.4 Å². The van der Waals surface area contributed by atoms with Gasteiger partial charge in [-0.3, -0.25) is 9.69 Å². The minimum absolute atomic E-state index is 0.0154. The van der Waals surface area contributed by atoms with Gasteiger partial charge in [-0.05, 0) is 49.9 Å². The number of benzene rings is 1. The molecule has 0 radical (unpaired) electrons. The molecule has 1 N–H and O–H groups in total. The number of carbonyl (C=O) groups is 1. The summed E-state index contributed by atoms with van der Waals surface area (Å²) in [7, 11) is 0. The van der Waals surface area contributed by atoms with Gasteiger partial charge in [0.15, 0.2) is 0 Å². The third-order valence-electron chi connectivity index (χ3n) is 4.18. The van der Waals surface area contributed by atoms with Crippen LogP contribution in [0.2, 0.25) is 0 Å². The summed E-state index contributed by atoms with van der Waals surface area (Å²) < 4.78 is 0. The van der Waals surface area contributed by atoms with Gasteiger partial charge in [0.05, 0.1) is 25.1 Å². The van der Waals surface area contributed by atoms with Crippen molar-refractivity contribution in [2.45, 2.75) is 39.2 Å². The van der Waals surface area contributed by atoms with Gasteiger partial charge in [0.1, 0.15) is 0 Å². The molecular weight excluding hydrogens is 290 g/mol. The van der Waals surface area contributed by atoms with E-state index < -0.39 is 0 Å². The standard InChI is InChI=1S/C18H25N3O2/c1-14-10-15(2)12-16(11-14)21(7-3-6-19)18(23)13-20-8-4-17(22)5-9-20/h10-12,17,22H,3-5,7-9,13H2,1-2H3. The van der Waals surface area contributed by atoms with Crippen molar-refractivity contribution in [2.75, 3.05) is 31.1 Å². The number of hydrogen-bond donors (Lipinski definition) is 1. The van der Waals surface area contributed by atoms with Crippen molar-refractivity contribution in [3.8, 4) is 6.07 Å². The highest BCUT2D eigenvalue weighted by Crippen LogP contribution is 2.20. The molecule has 1 amide bonds. The molecule has 0 unspecified atom stereocenters. The third kappa shape index (κ3) is 5.05. The SMILES string of the molecule is Cc1cc(C)cc(N(CCC#N)C(=O)CN2CCC(O)CC2)c1. The monoisotopic (exact) mass is 315 g/mol. The van der Waals surface area contributed by atoms with Crippen molar-refractivity contribution in [2.24, 2.45) is 0 Å². The number of piperidine rings is 1. The smallest absolute Gasteiger partial charge is 0.241 e. The Kier molecular flexibility index (Phi) is 6.14. The second kappa shape index (κ2) is 8.09. The van der Waals surface area contributed by atoms with Crippen molar-refractivity contribution < 1.29 is 9.90 Å². The molecule has 124 valence electrons. The lowest BCUT2D eigenvalue weighted by atomic mass is 10.1. The fourth-order valence-electron chi connectivity index (χ4n) is 3.02. The highest BCUT2D eigenvalue weighted by Gasteiger charge is 2.22. The lowest BCUT2D eigenvalue weighted by molar-refractivity contribution is -0.120. The molecule has 1 aliphatic rings. The number of hydrogen-bond acceptors (Lipinski definition) is 4. The summed E-state index contributed by atoms with van der Waals surface area (Å²) in [5.41, 5.74) is 3.08. The van der Waals surface area contributed by atoms with Gasteiger partial charge in [0.25, 0.3) is 0 Å². The molecule has 1 heterocycles. The Bertz CT molecular complexity index is 566. The summed E-state index contributed by atoms with van der Waals surface area (Å²) in [6.07, 6.45) is 1.51. The normalized spacial score (nSPS) is 16.1. The molecule has 0 aromatic heterocycles. The summed E-state index contributed by atoms with van der Waals surface area (Å²) in [5.74, 6) is 0.0154. The molecule has 0 bridgehead atoms. The van der Waals surface area contributed by atoms with Gasteiger partial charge in [-0.2, -0.15) is 5.26 Å². The molecule has 0 atom stereocenters. The zero-order chi connectivity index (χ0) is 16.8. The van der Waals surface area contributed by atoms with Gasteiger partial charge in [-0.1, -0.05) is 6.07 Å². The molecule has 0 saturated carbocycles. The molecule has 1 fully saturated rings. The van der Waals surface area contributed by atoms with Gasteiger partial charge in [-0.25, -0.2) is 0 Å². The maximum atomic E-state index is 12.7. The van der Waals surface area contributed by atoms with Crippen molar-refractivity contribution in [3.63, 3.8) is 0 Å². The highest BCUT2D eigenvalue weighted by atomic mass is 16.3. The molecule has 1 aromatic rings. The van der Waals surface area contributed by atoms with Crippen LogP contribution in [-0.2, 0) is 4.79 Å². The Hall–Kier alpha value is -1.90. The first-order chi connectivity index (χ1) is 11.0. The number of amides is 1. The lowest BCUT2D eigenvalue weighted by Crippen LogP contribution is -2.44. The first-order valence-corrected chi connectivity index (χ1v) is 8.15. The molecule has 1 aliphatic heterocycles. The Morgan fingerprint density at radius 3 is 2.48 bits per heavy atom. The largest absolute Gasteiger partial charge is 0.393 e. The van der Waals surface area contributed by atoms with E-state index in [1.165, 1.54) is 0 Å². The van der Waals surface area contributed by atoms with Gasteiger partial charge < -0.3 is 10.0 Å². The average Bonchev–Trinajstić information content (AvgIpc) is 2.49. The quantitative estimate of drug-likeness (QED) is 0.902. The first-order valence-electron chi connectivity index (χ1n) is 8.15. The minimum atomic E-state index is -0.240. The summed E-state index contributed by atoms with van der Waals surface area (Å²) in [4.78, 5) is 16.5. The number of aryl methyl sites for hydroxylation is 2. The maximum absolute atomic E-state index is 12.7. The van der Waals surface area contributed by atoms with E-state index in [0.29, 0.717) is 19.5 Å². The molecular formula is C18H25N3O2. The fourth-order valence-corrected chi connectivity index (χ4v) is 3.02.